The number of ether oxygens (including phenoxy) is 2. The van der Waals surface area contributed by atoms with Crippen molar-refractivity contribution in [1.82, 2.24) is 0 Å². The summed E-state index contributed by atoms with van der Waals surface area (Å²) in [6.45, 7) is 0.319. The molecule has 1 rings (SSSR count). The summed E-state index contributed by atoms with van der Waals surface area (Å²) in [5.41, 5.74) is -0.621. The van der Waals surface area contributed by atoms with E-state index in [2.05, 4.69) is 5.32 Å². The number of nitrogens with one attached hydrogen (secondary N) is 1. The number of carbonyl (C=O) groups is 1. The second kappa shape index (κ2) is 9.27. The van der Waals surface area contributed by atoms with Gasteiger partial charge in [0.05, 0.1) is 35.7 Å². The van der Waals surface area contributed by atoms with Gasteiger partial charge in [-0.3, -0.25) is 20.2 Å². The normalized spacial score (nSPS) is 10.3. The quantitative estimate of drug-likeness (QED) is 0.344. The maximum Gasteiger partial charge on any atom is 0.329 e. The van der Waals surface area contributed by atoms with Gasteiger partial charge in [0.15, 0.2) is 0 Å². The molecule has 2 N–H and O–H groups in total. The largest absolute Gasteiger partial charge is 0.480 e. The van der Waals surface area contributed by atoms with E-state index in [4.69, 9.17) is 14.6 Å². The topological polar surface area (TPSA) is 154 Å². The van der Waals surface area contributed by atoms with Gasteiger partial charge in [0.25, 0.3) is 11.4 Å². The first-order chi connectivity index (χ1) is 10.9. The van der Waals surface area contributed by atoms with E-state index in [9.17, 15) is 25.0 Å². The maximum absolute atomic E-state index is 10.9. The molecular formula is C12H15N3O8. The van der Waals surface area contributed by atoms with Crippen LogP contribution in [0, 0.1) is 20.2 Å². The number of nitro benzene ring substituents is 2. The summed E-state index contributed by atoms with van der Waals surface area (Å²) in [5, 5.41) is 32.6. The predicted octanol–water partition coefficient (Wildman–Crippen LogP) is 1.03. The Morgan fingerprint density at radius 1 is 1.13 bits per heavy atom. The number of hydrogen-bond acceptors (Lipinski definition) is 8. The monoisotopic (exact) mass is 329 g/mol. The SMILES string of the molecule is O=C(O)COCCOCCNc1ccc([N+](=O)[O-])cc1[N+](=O)[O-]. The molecular weight excluding hydrogens is 314 g/mol. The summed E-state index contributed by atoms with van der Waals surface area (Å²) < 4.78 is 9.89. The number of nitro groups is 2. The summed E-state index contributed by atoms with van der Waals surface area (Å²) in [6, 6.07) is 3.30. The lowest BCUT2D eigenvalue weighted by Gasteiger charge is -2.08. The smallest absolute Gasteiger partial charge is 0.329 e. The molecule has 0 atom stereocenters. The Labute approximate surface area is 130 Å². The Balaban J connectivity index is 2.38. The van der Waals surface area contributed by atoms with Gasteiger partial charge in [-0.15, -0.1) is 0 Å². The molecule has 1 aromatic carbocycles. The molecule has 0 aromatic heterocycles. The fourth-order valence-corrected chi connectivity index (χ4v) is 1.57. The molecule has 0 spiro atoms. The van der Waals surface area contributed by atoms with E-state index >= 15 is 0 Å². The lowest BCUT2D eigenvalue weighted by Crippen LogP contribution is -2.15. The van der Waals surface area contributed by atoms with Gasteiger partial charge in [0, 0.05) is 12.6 Å². The zero-order valence-electron chi connectivity index (χ0n) is 12.0. The lowest BCUT2D eigenvalue weighted by molar-refractivity contribution is -0.393. The van der Waals surface area contributed by atoms with Crippen LogP contribution in [0.3, 0.4) is 0 Å². The standard InChI is InChI=1S/C12H15N3O8/c16-12(17)8-23-6-5-22-4-3-13-10-2-1-9(14(18)19)7-11(10)15(20)21/h1-2,7,13H,3-6,8H2,(H,16,17). The molecule has 0 heterocycles. The van der Waals surface area contributed by atoms with Crippen molar-refractivity contribution in [3.05, 3.63) is 38.4 Å². The zero-order chi connectivity index (χ0) is 17.2. The highest BCUT2D eigenvalue weighted by Crippen LogP contribution is 2.28. The van der Waals surface area contributed by atoms with Crippen molar-refractivity contribution in [3.8, 4) is 0 Å². The summed E-state index contributed by atoms with van der Waals surface area (Å²) >= 11 is 0. The van der Waals surface area contributed by atoms with Crippen LogP contribution in [0.4, 0.5) is 17.1 Å². The average Bonchev–Trinajstić information content (AvgIpc) is 2.49. The molecule has 0 fully saturated rings. The maximum atomic E-state index is 10.9. The molecule has 0 bridgehead atoms. The lowest BCUT2D eigenvalue weighted by atomic mass is 10.2. The van der Waals surface area contributed by atoms with Gasteiger partial charge >= 0.3 is 5.97 Å². The molecule has 0 unspecified atom stereocenters. The molecule has 0 amide bonds. The Bertz CT molecular complexity index is 577. The highest BCUT2D eigenvalue weighted by molar-refractivity contribution is 5.68. The first kappa shape index (κ1) is 18.3. The van der Waals surface area contributed by atoms with E-state index in [-0.39, 0.29) is 37.7 Å². The third-order valence-electron chi connectivity index (χ3n) is 2.55. The van der Waals surface area contributed by atoms with Crippen molar-refractivity contribution in [3.63, 3.8) is 0 Å². The minimum absolute atomic E-state index is 0.115. The summed E-state index contributed by atoms with van der Waals surface area (Å²) in [5.74, 6) is -1.07. The van der Waals surface area contributed by atoms with E-state index < -0.39 is 28.1 Å². The molecule has 126 valence electrons. The minimum Gasteiger partial charge on any atom is -0.480 e. The molecule has 0 aliphatic carbocycles. The first-order valence-electron chi connectivity index (χ1n) is 6.46. The van der Waals surface area contributed by atoms with Crippen LogP contribution in [0.5, 0.6) is 0 Å². The molecule has 0 radical (unpaired) electrons. The van der Waals surface area contributed by atoms with Crippen LogP contribution >= 0.6 is 0 Å². The van der Waals surface area contributed by atoms with Crippen LogP contribution in [0.2, 0.25) is 0 Å². The zero-order valence-corrected chi connectivity index (χ0v) is 12.0. The number of carboxylic acids is 1. The van der Waals surface area contributed by atoms with Gasteiger partial charge in [-0.2, -0.15) is 0 Å². The van der Waals surface area contributed by atoms with Crippen molar-refractivity contribution in [1.29, 1.82) is 0 Å². The number of anilines is 1. The number of rotatable bonds is 11. The molecule has 0 saturated carbocycles. The van der Waals surface area contributed by atoms with Crippen LogP contribution in [0.1, 0.15) is 0 Å². The van der Waals surface area contributed by atoms with E-state index in [1.54, 1.807) is 0 Å². The highest BCUT2D eigenvalue weighted by Gasteiger charge is 2.18. The average molecular weight is 329 g/mol. The molecule has 0 aliphatic heterocycles. The van der Waals surface area contributed by atoms with Crippen LogP contribution in [0.25, 0.3) is 0 Å². The van der Waals surface area contributed by atoms with Crippen molar-refractivity contribution >= 4 is 23.0 Å². The fraction of sp³-hybridized carbons (Fsp3) is 0.417. The Morgan fingerprint density at radius 2 is 1.83 bits per heavy atom. The molecule has 0 aliphatic rings. The number of hydrogen-bond donors (Lipinski definition) is 2. The molecule has 11 heteroatoms. The third kappa shape index (κ3) is 6.67. The second-order valence-electron chi connectivity index (χ2n) is 4.20. The van der Waals surface area contributed by atoms with Crippen LogP contribution in [0.15, 0.2) is 18.2 Å². The second-order valence-corrected chi connectivity index (χ2v) is 4.20. The van der Waals surface area contributed by atoms with Crippen molar-refractivity contribution < 1.29 is 29.2 Å². The first-order valence-corrected chi connectivity index (χ1v) is 6.46. The van der Waals surface area contributed by atoms with Gasteiger partial charge in [-0.25, -0.2) is 4.79 Å². The molecule has 0 saturated heterocycles. The van der Waals surface area contributed by atoms with Gasteiger partial charge in [0.1, 0.15) is 12.3 Å². The van der Waals surface area contributed by atoms with E-state index in [1.807, 2.05) is 0 Å². The molecule has 1 aromatic rings. The number of nitrogens with zero attached hydrogens (tertiary/aromatic N) is 2. The molecule has 11 nitrogen and oxygen atoms in total. The van der Waals surface area contributed by atoms with E-state index in [1.165, 1.54) is 6.07 Å². The number of non-ortho nitro benzene ring substituents is 1. The highest BCUT2D eigenvalue weighted by atomic mass is 16.6. The summed E-state index contributed by atoms with van der Waals surface area (Å²) in [7, 11) is 0. The summed E-state index contributed by atoms with van der Waals surface area (Å²) in [6.07, 6.45) is 0. The van der Waals surface area contributed by atoms with Crippen LogP contribution in [-0.4, -0.2) is 53.9 Å². The third-order valence-corrected chi connectivity index (χ3v) is 2.55. The van der Waals surface area contributed by atoms with Gasteiger partial charge in [-0.05, 0) is 6.07 Å². The number of benzene rings is 1. The summed E-state index contributed by atoms with van der Waals surface area (Å²) in [4.78, 5) is 30.3. The van der Waals surface area contributed by atoms with Gasteiger partial charge in [-0.1, -0.05) is 0 Å². The Kier molecular flexibility index (Phi) is 7.36. The predicted molar refractivity (Wildman–Crippen MR) is 77.5 cm³/mol. The number of aliphatic carboxylic acids is 1. The van der Waals surface area contributed by atoms with Gasteiger partial charge in [0.2, 0.25) is 0 Å². The fourth-order valence-electron chi connectivity index (χ4n) is 1.57. The minimum atomic E-state index is -1.07. The molecule has 23 heavy (non-hydrogen) atoms. The Hall–Kier alpha value is -2.79. The van der Waals surface area contributed by atoms with Gasteiger partial charge < -0.3 is 19.9 Å². The van der Waals surface area contributed by atoms with Crippen molar-refractivity contribution in [2.24, 2.45) is 0 Å². The van der Waals surface area contributed by atoms with Crippen LogP contribution in [-0.2, 0) is 14.3 Å². The van der Waals surface area contributed by atoms with Crippen molar-refractivity contribution in [2.45, 2.75) is 0 Å². The van der Waals surface area contributed by atoms with E-state index in [0.717, 1.165) is 12.1 Å². The van der Waals surface area contributed by atoms with Crippen LogP contribution < -0.4 is 5.32 Å². The Morgan fingerprint density at radius 3 is 2.43 bits per heavy atom. The van der Waals surface area contributed by atoms with Crippen molar-refractivity contribution in [2.75, 3.05) is 38.3 Å². The van der Waals surface area contributed by atoms with E-state index in [0.29, 0.717) is 0 Å². The number of carboxylic acid groups (broad SMARTS) is 1.